The SMILES string of the molecule is CC(=O)NC1C(O[C@@H]2OC(C(=O)NCc3ccc(-c4nncnn4)cc3)[C@@H](OC(C)C)C(O)C2O)[C@H](O)C(CO)O[C@H]1C(C)(C)C. The Hall–Kier alpha value is -3.22. The Labute approximate surface area is 266 Å². The van der Waals surface area contributed by atoms with E-state index in [1.807, 2.05) is 20.8 Å². The van der Waals surface area contributed by atoms with E-state index in [1.54, 1.807) is 38.1 Å². The van der Waals surface area contributed by atoms with Crippen molar-refractivity contribution < 1.29 is 49.0 Å². The molecule has 0 radical (unpaired) electrons. The van der Waals surface area contributed by atoms with Gasteiger partial charge in [0.15, 0.2) is 18.7 Å². The largest absolute Gasteiger partial charge is 0.394 e. The fraction of sp³-hybridized carbons (Fsp3) is 0.667. The standard InChI is InChI=1S/C30H44N6O10/c1-14(2)43-24-21(40)22(41)29(45-23-19(34-15(3)38)26(30(4,5)6)44-18(12-37)20(23)39)46-25(24)28(42)31-11-16-7-9-17(10-8-16)27-35-32-13-33-36-27/h7-10,13-14,18-26,29,37,39-41H,11-12H2,1-6H3,(H,31,42)(H,34,38)/t18?,19?,20-,21?,22?,23?,24+,25?,26-,29-/m1/s1. The van der Waals surface area contributed by atoms with Gasteiger partial charge in [-0.1, -0.05) is 45.0 Å². The number of aliphatic hydroxyl groups excluding tert-OH is 4. The number of benzene rings is 1. The zero-order chi connectivity index (χ0) is 33.8. The number of ether oxygens (including phenoxy) is 4. The van der Waals surface area contributed by atoms with E-state index in [1.165, 1.54) is 13.3 Å². The van der Waals surface area contributed by atoms with Gasteiger partial charge in [-0.05, 0) is 24.8 Å². The van der Waals surface area contributed by atoms with Gasteiger partial charge in [0.05, 0.1) is 24.9 Å². The molecule has 4 rings (SSSR count). The second kappa shape index (κ2) is 15.1. The maximum absolute atomic E-state index is 13.5. The highest BCUT2D eigenvalue weighted by Crippen LogP contribution is 2.36. The molecule has 1 aromatic heterocycles. The second-order valence-corrected chi connectivity index (χ2v) is 12.8. The Morgan fingerprint density at radius 1 is 0.978 bits per heavy atom. The number of hydrogen-bond donors (Lipinski definition) is 6. The quantitative estimate of drug-likeness (QED) is 0.179. The van der Waals surface area contributed by atoms with Crippen molar-refractivity contribution >= 4 is 11.8 Å². The summed E-state index contributed by atoms with van der Waals surface area (Å²) in [6, 6.07) is 6.08. The van der Waals surface area contributed by atoms with Gasteiger partial charge in [0.1, 0.15) is 36.6 Å². The number of amides is 2. The number of carbonyl (C=O) groups excluding carboxylic acids is 2. The minimum Gasteiger partial charge on any atom is -0.394 e. The molecule has 16 heteroatoms. The van der Waals surface area contributed by atoms with E-state index in [-0.39, 0.29) is 6.54 Å². The van der Waals surface area contributed by atoms with Crippen molar-refractivity contribution in [2.45, 2.75) is 115 Å². The van der Waals surface area contributed by atoms with Gasteiger partial charge in [-0.25, -0.2) is 0 Å². The number of rotatable bonds is 10. The van der Waals surface area contributed by atoms with E-state index in [0.717, 1.165) is 5.56 Å². The van der Waals surface area contributed by atoms with Crippen molar-refractivity contribution in [3.8, 4) is 11.4 Å². The lowest BCUT2D eigenvalue weighted by atomic mass is 9.78. The number of nitrogens with zero attached hydrogens (tertiary/aromatic N) is 4. The van der Waals surface area contributed by atoms with Gasteiger partial charge in [0, 0.05) is 19.0 Å². The maximum atomic E-state index is 13.5. The summed E-state index contributed by atoms with van der Waals surface area (Å²) in [5, 5.41) is 64.2. The first-order valence-electron chi connectivity index (χ1n) is 15.1. The minimum absolute atomic E-state index is 0.0818. The molecule has 10 atom stereocenters. The Morgan fingerprint density at radius 2 is 1.63 bits per heavy atom. The van der Waals surface area contributed by atoms with Crippen LogP contribution in [0.15, 0.2) is 30.6 Å². The molecular formula is C30H44N6O10. The lowest BCUT2D eigenvalue weighted by Crippen LogP contribution is -2.70. The number of nitrogens with one attached hydrogen (secondary N) is 2. The Bertz CT molecular complexity index is 1300. The molecule has 2 aliphatic heterocycles. The van der Waals surface area contributed by atoms with E-state index < -0.39 is 91.1 Å². The molecule has 0 bridgehead atoms. The molecule has 254 valence electrons. The van der Waals surface area contributed by atoms with Crippen LogP contribution in [0.25, 0.3) is 11.4 Å². The molecule has 2 amide bonds. The van der Waals surface area contributed by atoms with Crippen LogP contribution in [0, 0.1) is 5.41 Å². The molecule has 46 heavy (non-hydrogen) atoms. The van der Waals surface area contributed by atoms with Crippen molar-refractivity contribution in [3.05, 3.63) is 36.2 Å². The van der Waals surface area contributed by atoms with Crippen LogP contribution >= 0.6 is 0 Å². The average Bonchev–Trinajstić information content (AvgIpc) is 3.00. The third-order valence-electron chi connectivity index (χ3n) is 7.73. The van der Waals surface area contributed by atoms with E-state index in [9.17, 15) is 30.0 Å². The molecule has 0 aliphatic carbocycles. The Kier molecular flexibility index (Phi) is 11.7. The van der Waals surface area contributed by atoms with Crippen LogP contribution < -0.4 is 10.6 Å². The predicted octanol–water partition coefficient (Wildman–Crippen LogP) is -1.15. The van der Waals surface area contributed by atoms with Crippen molar-refractivity contribution in [1.29, 1.82) is 0 Å². The van der Waals surface area contributed by atoms with Crippen molar-refractivity contribution in [3.63, 3.8) is 0 Å². The molecule has 0 spiro atoms. The third-order valence-corrected chi connectivity index (χ3v) is 7.73. The first-order valence-corrected chi connectivity index (χ1v) is 15.1. The van der Waals surface area contributed by atoms with Gasteiger partial charge in [-0.3, -0.25) is 9.59 Å². The van der Waals surface area contributed by atoms with Gasteiger partial charge in [0.25, 0.3) is 5.91 Å². The topological polar surface area (TPSA) is 228 Å². The summed E-state index contributed by atoms with van der Waals surface area (Å²) in [5.41, 5.74) is 0.817. The number of carbonyl (C=O) groups is 2. The molecule has 6 unspecified atom stereocenters. The molecule has 3 heterocycles. The van der Waals surface area contributed by atoms with Crippen LogP contribution in [0.3, 0.4) is 0 Å². The second-order valence-electron chi connectivity index (χ2n) is 12.8. The summed E-state index contributed by atoms with van der Waals surface area (Å²) in [6.45, 7) is 9.81. The molecule has 1 aromatic carbocycles. The highest BCUT2D eigenvalue weighted by atomic mass is 16.7. The molecule has 0 saturated carbocycles. The molecular weight excluding hydrogens is 604 g/mol. The Morgan fingerprint density at radius 3 is 2.20 bits per heavy atom. The summed E-state index contributed by atoms with van der Waals surface area (Å²) >= 11 is 0. The molecule has 2 saturated heterocycles. The molecule has 2 fully saturated rings. The van der Waals surface area contributed by atoms with E-state index in [0.29, 0.717) is 11.4 Å². The summed E-state index contributed by atoms with van der Waals surface area (Å²) in [7, 11) is 0. The minimum atomic E-state index is -1.71. The lowest BCUT2D eigenvalue weighted by molar-refractivity contribution is -0.332. The molecule has 2 aromatic rings. The first kappa shape index (κ1) is 35.6. The lowest BCUT2D eigenvalue weighted by Gasteiger charge is -2.51. The maximum Gasteiger partial charge on any atom is 0.252 e. The van der Waals surface area contributed by atoms with Crippen LogP contribution in [-0.2, 0) is 35.1 Å². The van der Waals surface area contributed by atoms with E-state index in [4.69, 9.17) is 18.9 Å². The normalized spacial score (nSPS) is 31.8. The zero-order valence-electron chi connectivity index (χ0n) is 26.7. The smallest absolute Gasteiger partial charge is 0.252 e. The first-order chi connectivity index (χ1) is 21.7. The molecule has 6 N–H and O–H groups in total. The number of aromatic nitrogens is 4. The van der Waals surface area contributed by atoms with Crippen LogP contribution in [0.5, 0.6) is 0 Å². The summed E-state index contributed by atoms with van der Waals surface area (Å²) in [6.07, 6.45) is -11.5. The average molecular weight is 649 g/mol. The van der Waals surface area contributed by atoms with Crippen molar-refractivity contribution in [2.75, 3.05) is 6.61 Å². The van der Waals surface area contributed by atoms with Gasteiger partial charge in [-0.2, -0.15) is 0 Å². The summed E-state index contributed by atoms with van der Waals surface area (Å²) < 4.78 is 23.9. The van der Waals surface area contributed by atoms with E-state index >= 15 is 0 Å². The summed E-state index contributed by atoms with van der Waals surface area (Å²) in [4.78, 5) is 25.7. The van der Waals surface area contributed by atoms with Crippen molar-refractivity contribution in [1.82, 2.24) is 31.0 Å². The van der Waals surface area contributed by atoms with Crippen LogP contribution in [0.4, 0.5) is 0 Å². The van der Waals surface area contributed by atoms with Crippen molar-refractivity contribution in [2.24, 2.45) is 5.41 Å². The van der Waals surface area contributed by atoms with E-state index in [2.05, 4.69) is 31.0 Å². The Balaban J connectivity index is 1.55. The molecule has 16 nitrogen and oxygen atoms in total. The third kappa shape index (κ3) is 8.38. The van der Waals surface area contributed by atoms with Crippen LogP contribution in [0.2, 0.25) is 0 Å². The van der Waals surface area contributed by atoms with Gasteiger partial charge >= 0.3 is 0 Å². The predicted molar refractivity (Wildman–Crippen MR) is 159 cm³/mol. The fourth-order valence-electron chi connectivity index (χ4n) is 5.56. The summed E-state index contributed by atoms with van der Waals surface area (Å²) in [5.74, 6) is -0.743. The highest BCUT2D eigenvalue weighted by molar-refractivity contribution is 5.81. The highest BCUT2D eigenvalue weighted by Gasteiger charge is 2.54. The molecule has 2 aliphatic rings. The fourth-order valence-corrected chi connectivity index (χ4v) is 5.56. The van der Waals surface area contributed by atoms with Crippen LogP contribution in [0.1, 0.15) is 47.1 Å². The number of hydrogen-bond acceptors (Lipinski definition) is 14. The van der Waals surface area contributed by atoms with Crippen LogP contribution in [-0.4, -0.2) is 127 Å². The monoisotopic (exact) mass is 648 g/mol. The van der Waals surface area contributed by atoms with Gasteiger partial charge in [0.2, 0.25) is 11.7 Å². The zero-order valence-corrected chi connectivity index (χ0v) is 26.7. The number of aliphatic hydroxyl groups is 4. The van der Waals surface area contributed by atoms with Gasteiger partial charge < -0.3 is 50.0 Å². The van der Waals surface area contributed by atoms with Gasteiger partial charge in [-0.15, -0.1) is 20.4 Å².